The third-order valence-corrected chi connectivity index (χ3v) is 5.06. The van der Waals surface area contributed by atoms with Gasteiger partial charge in [-0.2, -0.15) is 0 Å². The van der Waals surface area contributed by atoms with Crippen molar-refractivity contribution in [1.82, 2.24) is 0 Å². The van der Waals surface area contributed by atoms with Gasteiger partial charge in [0.2, 0.25) is 0 Å². The Morgan fingerprint density at radius 3 is 1.79 bits per heavy atom. The molecule has 0 radical (unpaired) electrons. The van der Waals surface area contributed by atoms with E-state index in [1.807, 2.05) is 27.7 Å². The van der Waals surface area contributed by atoms with Crippen molar-refractivity contribution < 1.29 is 17.7 Å². The van der Waals surface area contributed by atoms with Crippen LogP contribution in [0.4, 0.5) is 0 Å². The van der Waals surface area contributed by atoms with Crippen LogP contribution in [0.3, 0.4) is 0 Å². The SMILES string of the molecule is CC1(C)OB(c2ccc(S(=O)(=O)Cl)cc2)OC1(C)C. The lowest BCUT2D eigenvalue weighted by Crippen LogP contribution is -2.41. The molecule has 4 nitrogen and oxygen atoms in total. The molecule has 0 saturated carbocycles. The number of benzene rings is 1. The topological polar surface area (TPSA) is 52.6 Å². The third-order valence-electron chi connectivity index (χ3n) is 3.69. The summed E-state index contributed by atoms with van der Waals surface area (Å²) in [6, 6.07) is 6.19. The van der Waals surface area contributed by atoms with Gasteiger partial charge in [-0.15, -0.1) is 0 Å². The molecule has 1 aliphatic heterocycles. The van der Waals surface area contributed by atoms with Gasteiger partial charge in [0.25, 0.3) is 9.05 Å². The van der Waals surface area contributed by atoms with E-state index in [0.717, 1.165) is 5.46 Å². The molecule has 7 heteroatoms. The highest BCUT2D eigenvalue weighted by molar-refractivity contribution is 8.13. The maximum absolute atomic E-state index is 11.2. The van der Waals surface area contributed by atoms with Crippen molar-refractivity contribution >= 4 is 32.3 Å². The monoisotopic (exact) mass is 302 g/mol. The Morgan fingerprint density at radius 1 is 1.00 bits per heavy atom. The second-order valence-corrected chi connectivity index (χ2v) is 8.16. The van der Waals surface area contributed by atoms with Crippen LogP contribution in [0.15, 0.2) is 29.2 Å². The van der Waals surface area contributed by atoms with Crippen LogP contribution in [0.1, 0.15) is 27.7 Å². The Bertz CT molecular complexity index is 564. The molecule has 1 heterocycles. The van der Waals surface area contributed by atoms with Gasteiger partial charge < -0.3 is 9.31 Å². The average Bonchev–Trinajstić information content (AvgIpc) is 2.47. The molecular weight excluding hydrogens is 286 g/mol. The van der Waals surface area contributed by atoms with E-state index in [1.54, 1.807) is 12.1 Å². The van der Waals surface area contributed by atoms with E-state index in [9.17, 15) is 8.42 Å². The summed E-state index contributed by atoms with van der Waals surface area (Å²) in [6.45, 7) is 7.85. The molecule has 0 aromatic heterocycles. The molecule has 0 amide bonds. The summed E-state index contributed by atoms with van der Waals surface area (Å²) >= 11 is 0. The maximum Gasteiger partial charge on any atom is 0.494 e. The highest BCUT2D eigenvalue weighted by atomic mass is 35.7. The molecule has 0 bridgehead atoms. The van der Waals surface area contributed by atoms with E-state index >= 15 is 0 Å². The average molecular weight is 303 g/mol. The molecule has 1 aromatic carbocycles. The number of halogens is 1. The van der Waals surface area contributed by atoms with Crippen molar-refractivity contribution in [2.75, 3.05) is 0 Å². The van der Waals surface area contributed by atoms with Gasteiger partial charge in [-0.3, -0.25) is 0 Å². The van der Waals surface area contributed by atoms with Gasteiger partial charge in [-0.25, -0.2) is 8.42 Å². The molecule has 2 rings (SSSR count). The smallest absolute Gasteiger partial charge is 0.399 e. The number of hydrogen-bond acceptors (Lipinski definition) is 4. The lowest BCUT2D eigenvalue weighted by atomic mass is 9.79. The van der Waals surface area contributed by atoms with Crippen molar-refractivity contribution in [3.63, 3.8) is 0 Å². The highest BCUT2D eigenvalue weighted by Gasteiger charge is 2.51. The predicted molar refractivity (Wildman–Crippen MR) is 75.2 cm³/mol. The van der Waals surface area contributed by atoms with Crippen LogP contribution in [0.2, 0.25) is 0 Å². The molecule has 0 N–H and O–H groups in total. The molecule has 0 aliphatic carbocycles. The Morgan fingerprint density at radius 2 is 1.42 bits per heavy atom. The second-order valence-electron chi connectivity index (χ2n) is 5.60. The molecule has 1 aromatic rings. The summed E-state index contributed by atoms with van der Waals surface area (Å²) < 4.78 is 34.1. The summed E-state index contributed by atoms with van der Waals surface area (Å²) in [7, 11) is 1.07. The minimum absolute atomic E-state index is 0.0643. The molecule has 1 aliphatic rings. The fourth-order valence-corrected chi connectivity index (χ4v) is 2.54. The third kappa shape index (κ3) is 2.82. The minimum atomic E-state index is -3.70. The normalized spacial score (nSPS) is 21.6. The first-order chi connectivity index (χ1) is 8.53. The minimum Gasteiger partial charge on any atom is -0.399 e. The van der Waals surface area contributed by atoms with Crippen LogP contribution in [0.25, 0.3) is 0 Å². The first-order valence-corrected chi connectivity index (χ1v) is 8.24. The summed E-state index contributed by atoms with van der Waals surface area (Å²) in [5.74, 6) is 0. The molecule has 0 unspecified atom stereocenters. The van der Waals surface area contributed by atoms with Gasteiger partial charge in [0.05, 0.1) is 16.1 Å². The van der Waals surface area contributed by atoms with E-state index in [0.29, 0.717) is 0 Å². The van der Waals surface area contributed by atoms with E-state index in [2.05, 4.69) is 0 Å². The Kier molecular flexibility index (Phi) is 3.50. The first kappa shape index (κ1) is 14.8. The number of hydrogen-bond donors (Lipinski definition) is 0. The molecule has 19 heavy (non-hydrogen) atoms. The highest BCUT2D eigenvalue weighted by Crippen LogP contribution is 2.36. The summed E-state index contributed by atoms with van der Waals surface area (Å²) in [6.07, 6.45) is 0. The van der Waals surface area contributed by atoms with Gasteiger partial charge in [0.1, 0.15) is 0 Å². The van der Waals surface area contributed by atoms with Gasteiger partial charge in [0, 0.05) is 10.7 Å². The summed E-state index contributed by atoms with van der Waals surface area (Å²) in [5, 5.41) is 0. The van der Waals surface area contributed by atoms with Crippen LogP contribution in [0.5, 0.6) is 0 Å². The quantitative estimate of drug-likeness (QED) is 0.618. The van der Waals surface area contributed by atoms with Crippen LogP contribution in [-0.4, -0.2) is 26.7 Å². The summed E-state index contributed by atoms with van der Waals surface area (Å²) in [4.78, 5) is 0.0643. The first-order valence-electron chi connectivity index (χ1n) is 5.93. The van der Waals surface area contributed by atoms with Crippen LogP contribution in [-0.2, 0) is 18.4 Å². The van der Waals surface area contributed by atoms with Gasteiger partial charge >= 0.3 is 7.12 Å². The fraction of sp³-hybridized carbons (Fsp3) is 0.500. The van der Waals surface area contributed by atoms with Crippen LogP contribution < -0.4 is 5.46 Å². The molecule has 0 spiro atoms. The van der Waals surface area contributed by atoms with E-state index in [1.165, 1.54) is 12.1 Å². The predicted octanol–water partition coefficient (Wildman–Crippen LogP) is 1.91. The van der Waals surface area contributed by atoms with Gasteiger partial charge in [-0.05, 0) is 45.3 Å². The van der Waals surface area contributed by atoms with E-state index in [4.69, 9.17) is 20.0 Å². The van der Waals surface area contributed by atoms with Crippen molar-refractivity contribution in [2.24, 2.45) is 0 Å². The standard InChI is InChI=1S/C12H16BClO4S/c1-11(2)12(3,4)18-13(17-11)9-5-7-10(8-6-9)19(14,15)16/h5-8H,1-4H3. The largest absolute Gasteiger partial charge is 0.494 e. The second kappa shape index (κ2) is 4.48. The lowest BCUT2D eigenvalue weighted by Gasteiger charge is -2.32. The Hall–Kier alpha value is -0.555. The Labute approximate surface area is 118 Å². The Balaban J connectivity index is 2.26. The van der Waals surface area contributed by atoms with Crippen molar-refractivity contribution in [1.29, 1.82) is 0 Å². The molecular formula is C12H16BClO4S. The number of rotatable bonds is 2. The van der Waals surface area contributed by atoms with Gasteiger partial charge in [0.15, 0.2) is 0 Å². The zero-order valence-electron chi connectivity index (χ0n) is 11.3. The fourth-order valence-electron chi connectivity index (χ4n) is 1.77. The van der Waals surface area contributed by atoms with Crippen molar-refractivity contribution in [2.45, 2.75) is 43.8 Å². The van der Waals surface area contributed by atoms with E-state index in [-0.39, 0.29) is 4.90 Å². The van der Waals surface area contributed by atoms with E-state index < -0.39 is 27.4 Å². The molecule has 1 fully saturated rings. The zero-order valence-corrected chi connectivity index (χ0v) is 12.9. The lowest BCUT2D eigenvalue weighted by molar-refractivity contribution is 0.00578. The van der Waals surface area contributed by atoms with Crippen molar-refractivity contribution in [3.05, 3.63) is 24.3 Å². The molecule has 1 saturated heterocycles. The molecule has 0 atom stereocenters. The van der Waals surface area contributed by atoms with Gasteiger partial charge in [-0.1, -0.05) is 12.1 Å². The van der Waals surface area contributed by atoms with Crippen LogP contribution >= 0.6 is 10.7 Å². The molecule has 104 valence electrons. The van der Waals surface area contributed by atoms with Crippen LogP contribution in [0, 0.1) is 0 Å². The maximum atomic E-state index is 11.2. The van der Waals surface area contributed by atoms with Crippen molar-refractivity contribution in [3.8, 4) is 0 Å². The zero-order chi connectivity index (χ0) is 14.5. The summed E-state index contributed by atoms with van der Waals surface area (Å²) in [5.41, 5.74) is -0.0770.